The Bertz CT molecular complexity index is 533. The molecule has 0 aliphatic rings. The molecule has 2 heteroatoms. The number of allylic oxidation sites excluding steroid dienone is 12. The second-order valence-corrected chi connectivity index (χ2v) is 6.78. The van der Waals surface area contributed by atoms with Crippen LogP contribution >= 0.6 is 0 Å². The van der Waals surface area contributed by atoms with E-state index < -0.39 is 0 Å². The molecule has 0 aliphatic carbocycles. The molecule has 0 fully saturated rings. The van der Waals surface area contributed by atoms with Gasteiger partial charge in [0.25, 0.3) is 0 Å². The molecular weight excluding hydrogens is 330 g/mol. The first kappa shape index (κ1) is 24.9. The van der Waals surface area contributed by atoms with Crippen molar-refractivity contribution in [2.24, 2.45) is 5.92 Å². The largest absolute Gasteiger partial charge is 0.349 e. The maximum atomic E-state index is 11.7. The molecule has 0 spiro atoms. The van der Waals surface area contributed by atoms with E-state index in [1.54, 1.807) is 19.0 Å². The summed E-state index contributed by atoms with van der Waals surface area (Å²) in [5.41, 5.74) is 0. The average molecular weight is 370 g/mol. The minimum absolute atomic E-state index is 0.0598. The first-order valence-corrected chi connectivity index (χ1v) is 10.2. The third-order valence-electron chi connectivity index (χ3n) is 3.95. The van der Waals surface area contributed by atoms with Crippen LogP contribution in [0.4, 0.5) is 0 Å². The monoisotopic (exact) mass is 369 g/mol. The van der Waals surface area contributed by atoms with Crippen LogP contribution in [0.2, 0.25) is 0 Å². The van der Waals surface area contributed by atoms with E-state index in [0.717, 1.165) is 44.9 Å². The summed E-state index contributed by atoms with van der Waals surface area (Å²) >= 11 is 0. The number of rotatable bonds is 14. The van der Waals surface area contributed by atoms with Crippen LogP contribution in [0.15, 0.2) is 72.9 Å². The molecule has 0 rings (SSSR count). The zero-order valence-corrected chi connectivity index (χ0v) is 17.8. The second-order valence-electron chi connectivity index (χ2n) is 6.78. The Morgan fingerprint density at radius 1 is 0.667 bits per heavy atom. The SMILES string of the molecule is CC/C=C\C/C=C\C/C=C\C/C=C\C/C=C\C/C=C\CC(C)C(=O)N(C)C. The number of hydrogen-bond donors (Lipinski definition) is 0. The van der Waals surface area contributed by atoms with Crippen molar-refractivity contribution in [3.8, 4) is 0 Å². The summed E-state index contributed by atoms with van der Waals surface area (Å²) in [4.78, 5) is 13.4. The third kappa shape index (κ3) is 17.1. The lowest BCUT2D eigenvalue weighted by molar-refractivity contribution is -0.132. The van der Waals surface area contributed by atoms with Crippen molar-refractivity contribution in [2.45, 2.75) is 58.8 Å². The van der Waals surface area contributed by atoms with E-state index in [0.29, 0.717) is 0 Å². The molecule has 1 atom stereocenters. The highest BCUT2D eigenvalue weighted by Crippen LogP contribution is 2.06. The fourth-order valence-electron chi connectivity index (χ4n) is 2.36. The minimum atomic E-state index is 0.0598. The molecule has 0 aromatic heterocycles. The van der Waals surface area contributed by atoms with E-state index in [2.05, 4.69) is 79.8 Å². The van der Waals surface area contributed by atoms with E-state index in [1.165, 1.54) is 0 Å². The molecule has 150 valence electrons. The van der Waals surface area contributed by atoms with Crippen LogP contribution in [0.25, 0.3) is 0 Å². The molecule has 0 saturated heterocycles. The van der Waals surface area contributed by atoms with Gasteiger partial charge in [-0.05, 0) is 44.9 Å². The Morgan fingerprint density at radius 2 is 1.00 bits per heavy atom. The Morgan fingerprint density at radius 3 is 1.33 bits per heavy atom. The second kappa shape index (κ2) is 18.7. The average Bonchev–Trinajstić information content (AvgIpc) is 2.66. The summed E-state index contributed by atoms with van der Waals surface area (Å²) in [6, 6.07) is 0. The van der Waals surface area contributed by atoms with Gasteiger partial charge in [0.05, 0.1) is 0 Å². The summed E-state index contributed by atoms with van der Waals surface area (Å²) in [5.74, 6) is 0.249. The van der Waals surface area contributed by atoms with Crippen molar-refractivity contribution >= 4 is 5.91 Å². The molecule has 1 unspecified atom stereocenters. The van der Waals surface area contributed by atoms with Gasteiger partial charge in [0.15, 0.2) is 0 Å². The van der Waals surface area contributed by atoms with Gasteiger partial charge in [0, 0.05) is 20.0 Å². The van der Waals surface area contributed by atoms with E-state index in [9.17, 15) is 4.79 Å². The number of amides is 1. The highest BCUT2D eigenvalue weighted by atomic mass is 16.2. The Hall–Kier alpha value is -2.09. The molecule has 0 bridgehead atoms. The van der Waals surface area contributed by atoms with Gasteiger partial charge >= 0.3 is 0 Å². The fraction of sp³-hybridized carbons (Fsp3) is 0.480. The van der Waals surface area contributed by atoms with Crippen LogP contribution in [0.5, 0.6) is 0 Å². The van der Waals surface area contributed by atoms with Crippen molar-refractivity contribution in [1.29, 1.82) is 0 Å². The van der Waals surface area contributed by atoms with Gasteiger partial charge in [-0.2, -0.15) is 0 Å². The Balaban J connectivity index is 3.68. The van der Waals surface area contributed by atoms with E-state index in [4.69, 9.17) is 0 Å². The van der Waals surface area contributed by atoms with Crippen LogP contribution < -0.4 is 0 Å². The first-order chi connectivity index (χ1) is 13.1. The zero-order chi connectivity index (χ0) is 20.2. The van der Waals surface area contributed by atoms with Crippen LogP contribution in [-0.2, 0) is 4.79 Å². The summed E-state index contributed by atoms with van der Waals surface area (Å²) in [6.45, 7) is 4.13. The lowest BCUT2D eigenvalue weighted by Crippen LogP contribution is -2.27. The lowest BCUT2D eigenvalue weighted by Gasteiger charge is -2.14. The van der Waals surface area contributed by atoms with Gasteiger partial charge in [-0.25, -0.2) is 0 Å². The van der Waals surface area contributed by atoms with Crippen LogP contribution in [0.1, 0.15) is 58.8 Å². The minimum Gasteiger partial charge on any atom is -0.349 e. The summed E-state index contributed by atoms with van der Waals surface area (Å²) in [7, 11) is 3.61. The normalized spacial score (nSPS) is 14.1. The van der Waals surface area contributed by atoms with Gasteiger partial charge in [0.1, 0.15) is 0 Å². The molecule has 27 heavy (non-hydrogen) atoms. The van der Waals surface area contributed by atoms with Gasteiger partial charge in [-0.1, -0.05) is 86.8 Å². The van der Waals surface area contributed by atoms with Gasteiger partial charge in [0.2, 0.25) is 5.91 Å². The highest BCUT2D eigenvalue weighted by Gasteiger charge is 2.12. The molecule has 0 aromatic rings. The Labute approximate surface area is 167 Å². The van der Waals surface area contributed by atoms with E-state index >= 15 is 0 Å². The molecule has 0 N–H and O–H groups in total. The fourth-order valence-corrected chi connectivity index (χ4v) is 2.36. The van der Waals surface area contributed by atoms with Gasteiger partial charge < -0.3 is 4.90 Å². The molecule has 0 radical (unpaired) electrons. The molecular formula is C25H39NO. The predicted molar refractivity (Wildman–Crippen MR) is 121 cm³/mol. The maximum absolute atomic E-state index is 11.7. The number of carbonyl (C=O) groups is 1. The predicted octanol–water partition coefficient (Wildman–Crippen LogP) is 6.80. The quantitative estimate of drug-likeness (QED) is 0.308. The molecule has 0 saturated carbocycles. The topological polar surface area (TPSA) is 20.3 Å². The van der Waals surface area contributed by atoms with Crippen LogP contribution in [-0.4, -0.2) is 24.9 Å². The molecule has 0 aliphatic heterocycles. The molecule has 2 nitrogen and oxygen atoms in total. The van der Waals surface area contributed by atoms with Crippen molar-refractivity contribution in [3.05, 3.63) is 72.9 Å². The zero-order valence-electron chi connectivity index (χ0n) is 17.8. The van der Waals surface area contributed by atoms with Crippen molar-refractivity contribution in [1.82, 2.24) is 4.90 Å². The van der Waals surface area contributed by atoms with Gasteiger partial charge in [-0.15, -0.1) is 0 Å². The van der Waals surface area contributed by atoms with Crippen LogP contribution in [0, 0.1) is 5.92 Å². The molecule has 1 amide bonds. The standard InChI is InChI=1S/C25H39NO/c1-5-6-7-8-9-10-11-12-13-14-15-16-17-18-19-20-21-22-23-24(2)25(27)26(3)4/h6-7,9-10,12-13,15-16,18-19,21-22,24H,5,8,11,14,17,20,23H2,1-4H3/b7-6-,10-9-,13-12-,16-15-,19-18-,22-21-. The smallest absolute Gasteiger partial charge is 0.225 e. The van der Waals surface area contributed by atoms with Crippen LogP contribution in [0.3, 0.4) is 0 Å². The number of nitrogens with zero attached hydrogens (tertiary/aromatic N) is 1. The highest BCUT2D eigenvalue weighted by molar-refractivity contribution is 5.78. The first-order valence-electron chi connectivity index (χ1n) is 10.2. The third-order valence-corrected chi connectivity index (χ3v) is 3.95. The Kier molecular flexibility index (Phi) is 17.2. The van der Waals surface area contributed by atoms with Crippen molar-refractivity contribution in [2.75, 3.05) is 14.1 Å². The lowest BCUT2D eigenvalue weighted by atomic mass is 10.1. The van der Waals surface area contributed by atoms with E-state index in [-0.39, 0.29) is 11.8 Å². The van der Waals surface area contributed by atoms with Crippen molar-refractivity contribution in [3.63, 3.8) is 0 Å². The number of carbonyl (C=O) groups excluding carboxylic acids is 1. The summed E-state index contributed by atoms with van der Waals surface area (Å²) < 4.78 is 0. The summed E-state index contributed by atoms with van der Waals surface area (Å²) in [5, 5.41) is 0. The molecule has 0 heterocycles. The summed E-state index contributed by atoms with van der Waals surface area (Å²) in [6.07, 6.45) is 33.1. The van der Waals surface area contributed by atoms with Crippen molar-refractivity contribution < 1.29 is 4.79 Å². The maximum Gasteiger partial charge on any atom is 0.225 e. The number of hydrogen-bond acceptors (Lipinski definition) is 1. The molecule has 0 aromatic carbocycles. The van der Waals surface area contributed by atoms with Gasteiger partial charge in [-0.3, -0.25) is 4.79 Å². The van der Waals surface area contributed by atoms with E-state index in [1.807, 2.05) is 6.92 Å².